The number of carbonyl (C=O) groups excluding carboxylic acids is 1. The van der Waals surface area contributed by atoms with Gasteiger partial charge in [0.25, 0.3) is 0 Å². The minimum Gasteiger partial charge on any atom is -0.338 e. The highest BCUT2D eigenvalue weighted by Crippen LogP contribution is 2.34. The average Bonchev–Trinajstić information content (AvgIpc) is 3.53. The molecule has 5 heterocycles. The first kappa shape index (κ1) is 21.7. The zero-order valence-electron chi connectivity index (χ0n) is 19.6. The zero-order chi connectivity index (χ0) is 24.5. The van der Waals surface area contributed by atoms with Crippen molar-refractivity contribution in [1.29, 1.82) is 0 Å². The Balaban J connectivity index is 1.40. The van der Waals surface area contributed by atoms with E-state index in [1.165, 1.54) is 0 Å². The number of carbonyl (C=O) groups is 1. The maximum atomic E-state index is 12.0. The Hall–Kier alpha value is -4.85. The first-order valence-electron chi connectivity index (χ1n) is 11.8. The molecule has 0 aliphatic carbocycles. The minimum absolute atomic E-state index is 0.0115. The van der Waals surface area contributed by atoms with Gasteiger partial charge in [-0.05, 0) is 65.6 Å². The number of rotatable bonds is 6. The van der Waals surface area contributed by atoms with Crippen molar-refractivity contribution in [2.24, 2.45) is 0 Å². The summed E-state index contributed by atoms with van der Waals surface area (Å²) in [6.07, 6.45) is 10.1. The molecule has 36 heavy (non-hydrogen) atoms. The molecule has 0 aliphatic rings. The highest BCUT2D eigenvalue weighted by Gasteiger charge is 2.15. The zero-order valence-corrected chi connectivity index (χ0v) is 19.6. The molecular formula is C28H23N7O. The molecule has 0 spiro atoms. The summed E-state index contributed by atoms with van der Waals surface area (Å²) in [6, 6.07) is 16.1. The van der Waals surface area contributed by atoms with Crippen LogP contribution in [-0.4, -0.2) is 36.0 Å². The Bertz CT molecular complexity index is 1700. The summed E-state index contributed by atoms with van der Waals surface area (Å²) < 4.78 is 0. The number of H-pyrrole nitrogens is 2. The minimum atomic E-state index is -0.0115. The number of hydrogen-bond donors (Lipinski definition) is 3. The topological polar surface area (TPSA) is 112 Å². The SMILES string of the molecule is CCCC(=O)Nc1cncc(-c2ccc3[nH]nc(-c4cc5c(-c6ccncc6)ccnc5[nH]4)c3c2)c1. The number of amides is 1. The number of pyridine rings is 3. The predicted molar refractivity (Wildman–Crippen MR) is 141 cm³/mol. The third-order valence-electron chi connectivity index (χ3n) is 6.17. The van der Waals surface area contributed by atoms with E-state index in [0.717, 1.165) is 62.0 Å². The first-order chi connectivity index (χ1) is 17.7. The first-order valence-corrected chi connectivity index (χ1v) is 11.8. The molecule has 6 rings (SSSR count). The Labute approximate surface area is 206 Å². The number of fused-ring (bicyclic) bond motifs is 2. The van der Waals surface area contributed by atoms with E-state index in [1.807, 2.05) is 43.3 Å². The molecule has 0 saturated heterocycles. The summed E-state index contributed by atoms with van der Waals surface area (Å²) in [6.45, 7) is 1.98. The van der Waals surface area contributed by atoms with Crippen LogP contribution < -0.4 is 5.32 Å². The van der Waals surface area contributed by atoms with Crippen molar-refractivity contribution in [3.8, 4) is 33.6 Å². The number of benzene rings is 1. The van der Waals surface area contributed by atoms with Gasteiger partial charge in [-0.3, -0.25) is 19.9 Å². The van der Waals surface area contributed by atoms with Gasteiger partial charge in [-0.15, -0.1) is 0 Å². The molecule has 0 unspecified atom stereocenters. The van der Waals surface area contributed by atoms with Crippen molar-refractivity contribution < 1.29 is 4.79 Å². The van der Waals surface area contributed by atoms with E-state index >= 15 is 0 Å². The van der Waals surface area contributed by atoms with Crippen molar-refractivity contribution >= 4 is 33.5 Å². The van der Waals surface area contributed by atoms with Crippen LogP contribution in [0.5, 0.6) is 0 Å². The second-order valence-electron chi connectivity index (χ2n) is 8.63. The van der Waals surface area contributed by atoms with Gasteiger partial charge in [-0.25, -0.2) is 4.98 Å². The summed E-state index contributed by atoms with van der Waals surface area (Å²) in [5.74, 6) is -0.0115. The summed E-state index contributed by atoms with van der Waals surface area (Å²) in [5, 5.41) is 12.7. The lowest BCUT2D eigenvalue weighted by atomic mass is 10.0. The van der Waals surface area contributed by atoms with Gasteiger partial charge in [-0.2, -0.15) is 5.10 Å². The van der Waals surface area contributed by atoms with Crippen LogP contribution in [0.15, 0.2) is 79.5 Å². The van der Waals surface area contributed by atoms with E-state index in [4.69, 9.17) is 0 Å². The monoisotopic (exact) mass is 473 g/mol. The van der Waals surface area contributed by atoms with Gasteiger partial charge >= 0.3 is 0 Å². The molecule has 0 radical (unpaired) electrons. The number of nitrogens with one attached hydrogen (secondary N) is 3. The van der Waals surface area contributed by atoms with Crippen LogP contribution in [0.1, 0.15) is 19.8 Å². The molecular weight excluding hydrogens is 450 g/mol. The number of hydrogen-bond acceptors (Lipinski definition) is 5. The van der Waals surface area contributed by atoms with Gasteiger partial charge in [0.1, 0.15) is 11.3 Å². The second kappa shape index (κ2) is 9.07. The smallest absolute Gasteiger partial charge is 0.224 e. The van der Waals surface area contributed by atoms with Gasteiger partial charge in [0, 0.05) is 47.5 Å². The number of nitrogens with zero attached hydrogens (tertiary/aromatic N) is 4. The van der Waals surface area contributed by atoms with E-state index in [2.05, 4.69) is 47.6 Å². The molecule has 176 valence electrons. The standard InChI is InChI=1S/C28H23N7O/c1-2-3-26(36)32-20-12-19(15-30-16-20)18-4-5-24-23(13-18)27(35-34-24)25-14-22-21(8-11-31-28(22)33-25)17-6-9-29-10-7-17/h4-16H,2-3H2,1H3,(H,31,33)(H,32,36)(H,34,35). The fourth-order valence-electron chi connectivity index (χ4n) is 4.45. The largest absolute Gasteiger partial charge is 0.338 e. The molecule has 0 fully saturated rings. The van der Waals surface area contributed by atoms with Crippen LogP contribution in [0.3, 0.4) is 0 Å². The third kappa shape index (κ3) is 3.98. The van der Waals surface area contributed by atoms with Gasteiger partial charge in [-0.1, -0.05) is 13.0 Å². The Morgan fingerprint density at radius 1 is 0.889 bits per heavy atom. The van der Waals surface area contributed by atoms with Gasteiger partial charge in [0.15, 0.2) is 0 Å². The van der Waals surface area contributed by atoms with Crippen LogP contribution >= 0.6 is 0 Å². The fraction of sp³-hybridized carbons (Fsp3) is 0.107. The van der Waals surface area contributed by atoms with Crippen molar-refractivity contribution in [1.82, 2.24) is 30.1 Å². The molecule has 1 amide bonds. The lowest BCUT2D eigenvalue weighted by Gasteiger charge is -2.07. The number of aromatic nitrogens is 6. The Morgan fingerprint density at radius 3 is 2.64 bits per heavy atom. The summed E-state index contributed by atoms with van der Waals surface area (Å²) >= 11 is 0. The van der Waals surface area contributed by atoms with Gasteiger partial charge in [0.05, 0.1) is 23.1 Å². The number of aromatic amines is 2. The van der Waals surface area contributed by atoms with E-state index in [1.54, 1.807) is 31.0 Å². The maximum absolute atomic E-state index is 12.0. The lowest BCUT2D eigenvalue weighted by Crippen LogP contribution is -2.10. The third-order valence-corrected chi connectivity index (χ3v) is 6.17. The summed E-state index contributed by atoms with van der Waals surface area (Å²) in [7, 11) is 0. The average molecular weight is 474 g/mol. The maximum Gasteiger partial charge on any atom is 0.224 e. The van der Waals surface area contributed by atoms with Crippen LogP contribution in [0.4, 0.5) is 5.69 Å². The van der Waals surface area contributed by atoms with E-state index in [0.29, 0.717) is 12.1 Å². The van der Waals surface area contributed by atoms with Crippen molar-refractivity contribution in [3.05, 3.63) is 79.5 Å². The summed E-state index contributed by atoms with van der Waals surface area (Å²) in [4.78, 5) is 28.5. The second-order valence-corrected chi connectivity index (χ2v) is 8.63. The highest BCUT2D eigenvalue weighted by molar-refractivity contribution is 6.00. The molecule has 0 bridgehead atoms. The molecule has 1 aromatic carbocycles. The van der Waals surface area contributed by atoms with Crippen LogP contribution in [0, 0.1) is 0 Å². The van der Waals surface area contributed by atoms with E-state index in [9.17, 15) is 4.79 Å². The van der Waals surface area contributed by atoms with Crippen LogP contribution in [-0.2, 0) is 4.79 Å². The molecule has 3 N–H and O–H groups in total. The molecule has 0 saturated carbocycles. The fourth-order valence-corrected chi connectivity index (χ4v) is 4.45. The molecule has 0 aliphatic heterocycles. The predicted octanol–water partition coefficient (Wildman–Crippen LogP) is 5.97. The van der Waals surface area contributed by atoms with E-state index < -0.39 is 0 Å². The molecule has 0 atom stereocenters. The van der Waals surface area contributed by atoms with Crippen LogP contribution in [0.2, 0.25) is 0 Å². The molecule has 5 aromatic heterocycles. The van der Waals surface area contributed by atoms with Gasteiger partial charge < -0.3 is 10.3 Å². The molecule has 8 nitrogen and oxygen atoms in total. The van der Waals surface area contributed by atoms with Gasteiger partial charge in [0.2, 0.25) is 5.91 Å². The molecule has 6 aromatic rings. The Kier molecular flexibility index (Phi) is 5.46. The summed E-state index contributed by atoms with van der Waals surface area (Å²) in [5.41, 5.74) is 8.15. The van der Waals surface area contributed by atoms with Crippen LogP contribution in [0.25, 0.3) is 55.6 Å². The van der Waals surface area contributed by atoms with Crippen molar-refractivity contribution in [2.45, 2.75) is 19.8 Å². The van der Waals surface area contributed by atoms with E-state index in [-0.39, 0.29) is 5.91 Å². The van der Waals surface area contributed by atoms with Crippen molar-refractivity contribution in [3.63, 3.8) is 0 Å². The quantitative estimate of drug-likeness (QED) is 0.276. The highest BCUT2D eigenvalue weighted by atomic mass is 16.1. The lowest BCUT2D eigenvalue weighted by molar-refractivity contribution is -0.116. The van der Waals surface area contributed by atoms with Crippen molar-refractivity contribution in [2.75, 3.05) is 5.32 Å². The normalized spacial score (nSPS) is 11.2. The Morgan fingerprint density at radius 2 is 1.78 bits per heavy atom. The molecule has 8 heteroatoms. The number of anilines is 1.